The Labute approximate surface area is 73.2 Å². The van der Waals surface area contributed by atoms with E-state index in [1.807, 2.05) is 6.20 Å². The number of rotatable bonds is 1. The van der Waals surface area contributed by atoms with Crippen LogP contribution in [0.15, 0.2) is 6.20 Å². The second-order valence-corrected chi connectivity index (χ2v) is 3.90. The van der Waals surface area contributed by atoms with Gasteiger partial charge in [-0.3, -0.25) is 0 Å². The molecule has 66 valence electrons. The molecule has 0 radical (unpaired) electrons. The zero-order valence-corrected chi connectivity index (χ0v) is 8.13. The van der Waals surface area contributed by atoms with Gasteiger partial charge >= 0.3 is 0 Å². The summed E-state index contributed by atoms with van der Waals surface area (Å²) in [5, 5.41) is 11.4. The van der Waals surface area contributed by atoms with Crippen LogP contribution in [0, 0.1) is 0 Å². The minimum absolute atomic E-state index is 0.119. The minimum atomic E-state index is 0.119. The predicted molar refractivity (Wildman–Crippen MR) is 47.9 cm³/mol. The third-order valence-electron chi connectivity index (χ3n) is 1.86. The minimum Gasteiger partial charge on any atom is -0.138 e. The summed E-state index contributed by atoms with van der Waals surface area (Å²) in [5.74, 6) is 0. The number of nitrogens with zero attached hydrogens (tertiary/aromatic N) is 3. The molecule has 1 rings (SSSR count). The Morgan fingerprint density at radius 3 is 2.42 bits per heavy atom. The highest BCUT2D eigenvalue weighted by molar-refractivity contribution is 5.22. The van der Waals surface area contributed by atoms with E-state index in [1.165, 1.54) is 5.56 Å². The van der Waals surface area contributed by atoms with Crippen molar-refractivity contribution < 1.29 is 0 Å². The Bertz CT molecular complexity index is 263. The van der Waals surface area contributed by atoms with Gasteiger partial charge in [0.15, 0.2) is 0 Å². The first-order chi connectivity index (χ1) is 5.55. The summed E-state index contributed by atoms with van der Waals surface area (Å²) in [5.41, 5.74) is 2.37. The van der Waals surface area contributed by atoms with E-state index in [4.69, 9.17) is 0 Å². The van der Waals surface area contributed by atoms with Gasteiger partial charge in [-0.15, -0.1) is 10.2 Å². The second kappa shape index (κ2) is 3.17. The van der Waals surface area contributed by atoms with Crippen molar-refractivity contribution in [1.29, 1.82) is 0 Å². The number of hydrogen-bond acceptors (Lipinski definition) is 3. The standard InChI is InChI=1S/C9H15N3/c1-5-8-7(9(2,3)4)6-10-12-11-8/h6H,5H2,1-4H3. The van der Waals surface area contributed by atoms with Crippen LogP contribution in [0.5, 0.6) is 0 Å². The second-order valence-electron chi connectivity index (χ2n) is 3.90. The molecule has 0 aliphatic rings. The zero-order valence-electron chi connectivity index (χ0n) is 8.13. The van der Waals surface area contributed by atoms with Gasteiger partial charge in [0.2, 0.25) is 0 Å². The van der Waals surface area contributed by atoms with Gasteiger partial charge in [0.1, 0.15) is 0 Å². The molecule has 0 fully saturated rings. The molecule has 0 aliphatic heterocycles. The quantitative estimate of drug-likeness (QED) is 0.636. The van der Waals surface area contributed by atoms with Crippen molar-refractivity contribution in [2.45, 2.75) is 39.5 Å². The van der Waals surface area contributed by atoms with Gasteiger partial charge in [-0.25, -0.2) is 0 Å². The summed E-state index contributed by atoms with van der Waals surface area (Å²) in [4.78, 5) is 0. The van der Waals surface area contributed by atoms with Crippen molar-refractivity contribution in [3.63, 3.8) is 0 Å². The summed E-state index contributed by atoms with van der Waals surface area (Å²) < 4.78 is 0. The highest BCUT2D eigenvalue weighted by Gasteiger charge is 2.18. The summed E-state index contributed by atoms with van der Waals surface area (Å²) in [6, 6.07) is 0. The van der Waals surface area contributed by atoms with Gasteiger partial charge in [0.05, 0.1) is 11.9 Å². The lowest BCUT2D eigenvalue weighted by atomic mass is 9.86. The van der Waals surface area contributed by atoms with Gasteiger partial charge in [-0.1, -0.05) is 27.7 Å². The fourth-order valence-corrected chi connectivity index (χ4v) is 1.18. The van der Waals surface area contributed by atoms with Crippen LogP contribution < -0.4 is 0 Å². The Balaban J connectivity index is 3.14. The fourth-order valence-electron chi connectivity index (χ4n) is 1.18. The van der Waals surface area contributed by atoms with Gasteiger partial charge in [0, 0.05) is 5.56 Å². The molecule has 1 heterocycles. The smallest absolute Gasteiger partial charge is 0.0699 e. The molecule has 0 amide bonds. The zero-order chi connectivity index (χ0) is 9.19. The maximum absolute atomic E-state index is 4.00. The highest BCUT2D eigenvalue weighted by atomic mass is 15.3. The third kappa shape index (κ3) is 1.78. The monoisotopic (exact) mass is 165 g/mol. The first-order valence-corrected chi connectivity index (χ1v) is 4.23. The maximum atomic E-state index is 4.00. The molecule has 3 heteroatoms. The van der Waals surface area contributed by atoms with E-state index in [0.29, 0.717) is 0 Å². The van der Waals surface area contributed by atoms with E-state index in [1.54, 1.807) is 0 Å². The van der Waals surface area contributed by atoms with Gasteiger partial charge in [0.25, 0.3) is 0 Å². The van der Waals surface area contributed by atoms with E-state index in [0.717, 1.165) is 12.1 Å². The Morgan fingerprint density at radius 2 is 2.00 bits per heavy atom. The SMILES string of the molecule is CCc1nnncc1C(C)(C)C. The third-order valence-corrected chi connectivity index (χ3v) is 1.86. The Kier molecular flexibility index (Phi) is 2.40. The molecule has 0 bridgehead atoms. The van der Waals surface area contributed by atoms with Crippen molar-refractivity contribution in [2.24, 2.45) is 0 Å². The summed E-state index contributed by atoms with van der Waals surface area (Å²) in [6.07, 6.45) is 2.73. The first kappa shape index (κ1) is 9.10. The number of aryl methyl sites for hydroxylation is 1. The fraction of sp³-hybridized carbons (Fsp3) is 0.667. The van der Waals surface area contributed by atoms with Crippen molar-refractivity contribution in [3.8, 4) is 0 Å². The van der Waals surface area contributed by atoms with Crippen molar-refractivity contribution in [1.82, 2.24) is 15.4 Å². The van der Waals surface area contributed by atoms with Crippen LogP contribution >= 0.6 is 0 Å². The van der Waals surface area contributed by atoms with Crippen LogP contribution in [0.4, 0.5) is 0 Å². The lowest BCUT2D eigenvalue weighted by Crippen LogP contribution is -2.16. The molecule has 0 aliphatic carbocycles. The van der Waals surface area contributed by atoms with Crippen LogP contribution in [0.2, 0.25) is 0 Å². The topological polar surface area (TPSA) is 38.7 Å². The van der Waals surface area contributed by atoms with Crippen LogP contribution in [0.25, 0.3) is 0 Å². The molecule has 0 aromatic carbocycles. The van der Waals surface area contributed by atoms with E-state index in [-0.39, 0.29) is 5.41 Å². The van der Waals surface area contributed by atoms with E-state index in [9.17, 15) is 0 Å². The summed E-state index contributed by atoms with van der Waals surface area (Å²) in [7, 11) is 0. The normalized spacial score (nSPS) is 11.7. The summed E-state index contributed by atoms with van der Waals surface area (Å²) >= 11 is 0. The molecule has 3 nitrogen and oxygen atoms in total. The Morgan fingerprint density at radius 1 is 1.33 bits per heavy atom. The summed E-state index contributed by atoms with van der Waals surface area (Å²) in [6.45, 7) is 8.56. The molecular weight excluding hydrogens is 150 g/mol. The average molecular weight is 165 g/mol. The van der Waals surface area contributed by atoms with Crippen LogP contribution in [0.3, 0.4) is 0 Å². The highest BCUT2D eigenvalue weighted by Crippen LogP contribution is 2.23. The molecule has 0 saturated heterocycles. The van der Waals surface area contributed by atoms with Crippen LogP contribution in [-0.2, 0) is 11.8 Å². The molecule has 0 N–H and O–H groups in total. The molecule has 0 spiro atoms. The Hall–Kier alpha value is -0.990. The molecular formula is C9H15N3. The van der Waals surface area contributed by atoms with Gasteiger partial charge in [-0.2, -0.15) is 0 Å². The largest absolute Gasteiger partial charge is 0.138 e. The maximum Gasteiger partial charge on any atom is 0.0699 e. The van der Waals surface area contributed by atoms with Crippen molar-refractivity contribution >= 4 is 0 Å². The number of aromatic nitrogens is 3. The van der Waals surface area contributed by atoms with Gasteiger partial charge < -0.3 is 0 Å². The molecule has 1 aromatic rings. The lowest BCUT2D eigenvalue weighted by molar-refractivity contribution is 0.565. The van der Waals surface area contributed by atoms with Crippen molar-refractivity contribution in [3.05, 3.63) is 17.5 Å². The number of hydrogen-bond donors (Lipinski definition) is 0. The van der Waals surface area contributed by atoms with E-state index < -0.39 is 0 Å². The first-order valence-electron chi connectivity index (χ1n) is 4.23. The van der Waals surface area contributed by atoms with E-state index in [2.05, 4.69) is 43.1 Å². The molecule has 0 saturated carbocycles. The van der Waals surface area contributed by atoms with Crippen LogP contribution in [0.1, 0.15) is 39.0 Å². The predicted octanol–water partition coefficient (Wildman–Crippen LogP) is 1.73. The van der Waals surface area contributed by atoms with E-state index >= 15 is 0 Å². The molecule has 1 aromatic heterocycles. The molecule has 0 unspecified atom stereocenters. The average Bonchev–Trinajstić information content (AvgIpc) is 2.03. The molecule has 12 heavy (non-hydrogen) atoms. The van der Waals surface area contributed by atoms with Gasteiger partial charge in [-0.05, 0) is 17.0 Å². The van der Waals surface area contributed by atoms with Crippen molar-refractivity contribution in [2.75, 3.05) is 0 Å². The van der Waals surface area contributed by atoms with Crippen LogP contribution in [-0.4, -0.2) is 15.4 Å². The molecule has 0 atom stereocenters. The lowest BCUT2D eigenvalue weighted by Gasteiger charge is -2.19.